The average Bonchev–Trinajstić information content (AvgIpc) is 2.93. The SMILES string of the molecule is N#Cc1cc(Br)c(-c2ccccc2OC(=O)Oc2ccccc2-c2c(Br)cc(C#N)cc2[N+](=O)[O-])c([N+](=O)[O-])c1. The molecule has 4 aromatic carbocycles. The molecule has 0 aliphatic rings. The number of hydrogen-bond donors (Lipinski definition) is 0. The van der Waals surface area contributed by atoms with Crippen molar-refractivity contribution in [1.29, 1.82) is 10.5 Å². The molecule has 0 saturated carbocycles. The highest BCUT2D eigenvalue weighted by Gasteiger charge is 2.26. The Kier molecular flexibility index (Phi) is 8.19. The molecular formula is C27H12Br2N4O7. The lowest BCUT2D eigenvalue weighted by Crippen LogP contribution is -2.15. The lowest BCUT2D eigenvalue weighted by atomic mass is 10.0. The summed E-state index contributed by atoms with van der Waals surface area (Å²) in [5.74, 6) is -0.159. The van der Waals surface area contributed by atoms with Crippen LogP contribution < -0.4 is 9.47 Å². The topological polar surface area (TPSA) is 169 Å². The van der Waals surface area contributed by atoms with Crippen LogP contribution in [0.15, 0.2) is 81.7 Å². The molecule has 0 spiro atoms. The highest BCUT2D eigenvalue weighted by atomic mass is 79.9. The van der Waals surface area contributed by atoms with Crippen LogP contribution >= 0.6 is 31.9 Å². The maximum Gasteiger partial charge on any atom is 0.519 e. The van der Waals surface area contributed by atoms with Gasteiger partial charge in [-0.15, -0.1) is 0 Å². The third kappa shape index (κ3) is 5.66. The van der Waals surface area contributed by atoms with Crippen LogP contribution in [0.1, 0.15) is 11.1 Å². The number of nitriles is 2. The molecule has 0 aliphatic heterocycles. The Morgan fingerprint density at radius 2 is 1.07 bits per heavy atom. The highest BCUT2D eigenvalue weighted by Crippen LogP contribution is 2.44. The predicted molar refractivity (Wildman–Crippen MR) is 149 cm³/mol. The predicted octanol–water partition coefficient (Wildman–Crippen LogP) is 7.68. The number of hydrogen-bond acceptors (Lipinski definition) is 9. The van der Waals surface area contributed by atoms with Crippen LogP contribution in [0.4, 0.5) is 16.2 Å². The fourth-order valence-corrected chi connectivity index (χ4v) is 5.19. The van der Waals surface area contributed by atoms with E-state index in [9.17, 15) is 35.5 Å². The van der Waals surface area contributed by atoms with E-state index in [1.165, 1.54) is 36.4 Å². The van der Waals surface area contributed by atoms with E-state index in [0.29, 0.717) is 0 Å². The molecule has 0 aromatic heterocycles. The largest absolute Gasteiger partial charge is 0.519 e. The summed E-state index contributed by atoms with van der Waals surface area (Å²) in [4.78, 5) is 35.2. The molecule has 0 amide bonds. The van der Waals surface area contributed by atoms with Gasteiger partial charge in [-0.05, 0) is 56.1 Å². The Bertz CT molecular complexity index is 1670. The van der Waals surface area contributed by atoms with Gasteiger partial charge in [-0.3, -0.25) is 20.2 Å². The lowest BCUT2D eigenvalue weighted by Gasteiger charge is -2.14. The number of halogens is 2. The van der Waals surface area contributed by atoms with Gasteiger partial charge in [-0.2, -0.15) is 10.5 Å². The maximum atomic E-state index is 12.9. The minimum Gasteiger partial charge on any atom is -0.394 e. The van der Waals surface area contributed by atoms with E-state index in [1.54, 1.807) is 24.3 Å². The van der Waals surface area contributed by atoms with Gasteiger partial charge in [-0.25, -0.2) is 4.79 Å². The van der Waals surface area contributed by atoms with E-state index < -0.39 is 27.4 Å². The first-order chi connectivity index (χ1) is 19.1. The van der Waals surface area contributed by atoms with Crippen molar-refractivity contribution in [1.82, 2.24) is 0 Å². The number of nitro groups is 2. The van der Waals surface area contributed by atoms with Gasteiger partial charge in [0.2, 0.25) is 0 Å². The average molecular weight is 664 g/mol. The van der Waals surface area contributed by atoms with Gasteiger partial charge in [0, 0.05) is 32.2 Å². The zero-order valence-electron chi connectivity index (χ0n) is 19.8. The van der Waals surface area contributed by atoms with Crippen molar-refractivity contribution in [3.63, 3.8) is 0 Å². The molecule has 4 aromatic rings. The van der Waals surface area contributed by atoms with Crippen LogP contribution in [0, 0.1) is 42.9 Å². The van der Waals surface area contributed by atoms with Gasteiger partial charge < -0.3 is 9.47 Å². The number of nitrogens with zero attached hydrogens (tertiary/aromatic N) is 4. The van der Waals surface area contributed by atoms with Gasteiger partial charge in [0.1, 0.15) is 11.5 Å². The smallest absolute Gasteiger partial charge is 0.394 e. The fourth-order valence-electron chi connectivity index (χ4n) is 3.86. The second-order valence-electron chi connectivity index (χ2n) is 7.89. The first kappa shape index (κ1) is 27.9. The number of ether oxygens (including phenoxy) is 2. The first-order valence-corrected chi connectivity index (χ1v) is 12.6. The standard InChI is InChI=1S/C27H12Br2N4O7/c28-19-9-15(13-30)11-21(32(35)36)25(19)17-5-1-3-7-23(17)39-27(34)40-24-8-4-2-6-18(24)26-20(29)10-16(14-31)12-22(26)33(37)38/h1-12H. The maximum absolute atomic E-state index is 12.9. The van der Waals surface area contributed by atoms with Gasteiger partial charge in [0.25, 0.3) is 11.4 Å². The van der Waals surface area contributed by atoms with Crippen LogP contribution in [0.3, 0.4) is 0 Å². The third-order valence-electron chi connectivity index (χ3n) is 5.49. The molecule has 0 unspecified atom stereocenters. The summed E-state index contributed by atoms with van der Waals surface area (Å²) in [6, 6.07) is 20.8. The van der Waals surface area contributed by atoms with Crippen molar-refractivity contribution in [2.75, 3.05) is 0 Å². The second kappa shape index (κ2) is 11.7. The van der Waals surface area contributed by atoms with Gasteiger partial charge in [0.15, 0.2) is 0 Å². The minimum atomic E-state index is -1.22. The second-order valence-corrected chi connectivity index (χ2v) is 9.60. The van der Waals surface area contributed by atoms with Crippen molar-refractivity contribution in [3.8, 4) is 45.9 Å². The van der Waals surface area contributed by atoms with E-state index in [1.807, 2.05) is 12.1 Å². The Labute approximate surface area is 242 Å². The molecule has 0 bridgehead atoms. The molecule has 0 aliphatic carbocycles. The number of benzene rings is 4. The van der Waals surface area contributed by atoms with Crippen LogP contribution in [-0.2, 0) is 0 Å². The summed E-state index contributed by atoms with van der Waals surface area (Å²) in [6.45, 7) is 0. The molecular weight excluding hydrogens is 652 g/mol. The zero-order valence-corrected chi connectivity index (χ0v) is 23.0. The number of carbonyl (C=O) groups is 1. The van der Waals surface area contributed by atoms with Crippen molar-refractivity contribution in [2.24, 2.45) is 0 Å². The summed E-state index contributed by atoms with van der Waals surface area (Å²) in [5.41, 5.74) is -0.186. The molecule has 13 heteroatoms. The third-order valence-corrected chi connectivity index (χ3v) is 6.74. The molecule has 40 heavy (non-hydrogen) atoms. The summed E-state index contributed by atoms with van der Waals surface area (Å²) < 4.78 is 11.3. The highest BCUT2D eigenvalue weighted by molar-refractivity contribution is 9.11. The van der Waals surface area contributed by atoms with E-state index in [-0.39, 0.29) is 53.8 Å². The minimum absolute atomic E-state index is 0.0554. The van der Waals surface area contributed by atoms with E-state index in [0.717, 1.165) is 12.1 Å². The van der Waals surface area contributed by atoms with E-state index in [2.05, 4.69) is 31.9 Å². The van der Waals surface area contributed by atoms with Gasteiger partial charge >= 0.3 is 6.16 Å². The monoisotopic (exact) mass is 662 g/mol. The quantitative estimate of drug-likeness (QED) is 0.0868. The van der Waals surface area contributed by atoms with Crippen LogP contribution in [0.2, 0.25) is 0 Å². The molecule has 0 N–H and O–H groups in total. The summed E-state index contributed by atoms with van der Waals surface area (Å²) in [7, 11) is 0. The molecule has 0 heterocycles. The van der Waals surface area contributed by atoms with Crippen molar-refractivity contribution >= 4 is 49.4 Å². The molecule has 0 radical (unpaired) electrons. The number of nitro benzene ring substituents is 2. The molecule has 0 atom stereocenters. The Hall–Kier alpha value is -5.11. The number of rotatable bonds is 6. The van der Waals surface area contributed by atoms with Crippen LogP contribution in [0.25, 0.3) is 22.3 Å². The van der Waals surface area contributed by atoms with E-state index in [4.69, 9.17) is 9.47 Å². The molecule has 0 fully saturated rings. The van der Waals surface area contributed by atoms with Crippen molar-refractivity contribution in [2.45, 2.75) is 0 Å². The van der Waals surface area contributed by atoms with Crippen LogP contribution in [-0.4, -0.2) is 16.0 Å². The number of carbonyl (C=O) groups excluding carboxylic acids is 1. The Morgan fingerprint density at radius 1 is 0.700 bits per heavy atom. The van der Waals surface area contributed by atoms with Crippen LogP contribution in [0.5, 0.6) is 11.5 Å². The number of para-hydroxylation sites is 2. The normalized spacial score (nSPS) is 10.2. The summed E-state index contributed by atoms with van der Waals surface area (Å²) >= 11 is 6.52. The van der Waals surface area contributed by atoms with Crippen molar-refractivity contribution in [3.05, 3.63) is 113 Å². The molecule has 196 valence electrons. The Morgan fingerprint density at radius 3 is 1.43 bits per heavy atom. The zero-order chi connectivity index (χ0) is 29.0. The summed E-state index contributed by atoms with van der Waals surface area (Å²) in [5, 5.41) is 42.0. The summed E-state index contributed by atoms with van der Waals surface area (Å²) in [6.07, 6.45) is -1.22. The Balaban J connectivity index is 1.73. The molecule has 4 rings (SSSR count). The lowest BCUT2D eigenvalue weighted by molar-refractivity contribution is -0.384. The van der Waals surface area contributed by atoms with Crippen molar-refractivity contribution < 1.29 is 24.1 Å². The molecule has 11 nitrogen and oxygen atoms in total. The first-order valence-electron chi connectivity index (χ1n) is 11.0. The van der Waals surface area contributed by atoms with Gasteiger partial charge in [0.05, 0.1) is 44.2 Å². The van der Waals surface area contributed by atoms with Gasteiger partial charge in [-0.1, -0.05) is 36.4 Å². The fraction of sp³-hybridized carbons (Fsp3) is 0. The molecule has 0 saturated heterocycles. The van der Waals surface area contributed by atoms with E-state index >= 15 is 0 Å².